The Morgan fingerprint density at radius 2 is 1.77 bits per heavy atom. The van der Waals surface area contributed by atoms with E-state index in [4.69, 9.17) is 9.73 Å². The number of benzene rings is 3. The molecule has 30 heavy (non-hydrogen) atoms. The van der Waals surface area contributed by atoms with E-state index in [-0.39, 0.29) is 5.97 Å². The Hall–Kier alpha value is -3.66. The van der Waals surface area contributed by atoms with Crippen molar-refractivity contribution in [1.82, 2.24) is 4.57 Å². The molecule has 0 aliphatic rings. The second kappa shape index (κ2) is 8.37. The fraction of sp³-hybridized carbons (Fsp3) is 0.154. The third-order valence-corrected chi connectivity index (χ3v) is 5.20. The minimum Gasteiger partial charge on any atom is -0.462 e. The first-order valence-corrected chi connectivity index (χ1v) is 10.1. The van der Waals surface area contributed by atoms with Crippen molar-refractivity contribution >= 4 is 28.6 Å². The van der Waals surface area contributed by atoms with E-state index in [1.807, 2.05) is 55.6 Å². The Morgan fingerprint density at radius 1 is 1.00 bits per heavy atom. The minimum absolute atomic E-state index is 0.306. The predicted octanol–water partition coefficient (Wildman–Crippen LogP) is 6.17. The Balaban J connectivity index is 1.70. The molecule has 0 spiro atoms. The third kappa shape index (κ3) is 3.77. The molecular weight excluding hydrogens is 372 g/mol. The van der Waals surface area contributed by atoms with E-state index in [0.29, 0.717) is 12.2 Å². The summed E-state index contributed by atoms with van der Waals surface area (Å²) in [6.07, 6.45) is 1.91. The maximum atomic E-state index is 12.1. The van der Waals surface area contributed by atoms with Gasteiger partial charge in [-0.15, -0.1) is 0 Å². The number of hydrogen-bond acceptors (Lipinski definition) is 3. The monoisotopic (exact) mass is 396 g/mol. The van der Waals surface area contributed by atoms with Crippen LogP contribution in [-0.4, -0.2) is 23.4 Å². The van der Waals surface area contributed by atoms with Gasteiger partial charge in [0.05, 0.1) is 17.9 Å². The molecule has 0 aliphatic heterocycles. The molecule has 0 bridgehead atoms. The first kappa shape index (κ1) is 19.6. The highest BCUT2D eigenvalue weighted by Crippen LogP contribution is 2.26. The number of esters is 1. The van der Waals surface area contributed by atoms with E-state index in [2.05, 4.69) is 42.7 Å². The Kier molecular flexibility index (Phi) is 5.48. The normalized spacial score (nSPS) is 11.3. The molecule has 1 aromatic heterocycles. The van der Waals surface area contributed by atoms with Crippen LogP contribution in [0.4, 0.5) is 5.69 Å². The van der Waals surface area contributed by atoms with Gasteiger partial charge in [0.2, 0.25) is 0 Å². The zero-order chi connectivity index (χ0) is 21.1. The Morgan fingerprint density at radius 3 is 2.60 bits per heavy atom. The summed E-state index contributed by atoms with van der Waals surface area (Å²) in [4.78, 5) is 16.9. The summed E-state index contributed by atoms with van der Waals surface area (Å²) in [5, 5.41) is 2.31. The van der Waals surface area contributed by atoms with Crippen LogP contribution in [0.15, 0.2) is 77.8 Å². The van der Waals surface area contributed by atoms with Crippen LogP contribution in [0.2, 0.25) is 0 Å². The van der Waals surface area contributed by atoms with Gasteiger partial charge in [-0.1, -0.05) is 42.5 Å². The summed E-state index contributed by atoms with van der Waals surface area (Å²) in [6, 6.07) is 24.0. The largest absolute Gasteiger partial charge is 0.462 e. The maximum absolute atomic E-state index is 12.1. The number of carbonyl (C=O) groups is 1. The predicted molar refractivity (Wildman–Crippen MR) is 122 cm³/mol. The second-order valence-corrected chi connectivity index (χ2v) is 7.19. The summed E-state index contributed by atoms with van der Waals surface area (Å²) in [7, 11) is 0. The van der Waals surface area contributed by atoms with Crippen LogP contribution < -0.4 is 0 Å². The van der Waals surface area contributed by atoms with Crippen molar-refractivity contribution in [2.24, 2.45) is 4.99 Å². The highest BCUT2D eigenvalue weighted by atomic mass is 16.5. The lowest BCUT2D eigenvalue weighted by Gasteiger charge is -2.11. The van der Waals surface area contributed by atoms with E-state index in [1.165, 1.54) is 5.39 Å². The van der Waals surface area contributed by atoms with Gasteiger partial charge in [0.25, 0.3) is 0 Å². The molecule has 4 rings (SSSR count). The molecular formula is C26H24N2O2. The first-order chi connectivity index (χ1) is 14.6. The van der Waals surface area contributed by atoms with Crippen LogP contribution in [0, 0.1) is 13.8 Å². The average Bonchev–Trinajstić information content (AvgIpc) is 3.05. The SMILES string of the molecule is CCOC(=O)c1cccc(-n2c(C)cc(C=Nc3cccc4ccccc34)c2C)c1. The van der Waals surface area contributed by atoms with Crippen LogP contribution in [0.3, 0.4) is 0 Å². The van der Waals surface area contributed by atoms with Gasteiger partial charge in [-0.25, -0.2) is 4.79 Å². The molecule has 0 radical (unpaired) electrons. The van der Waals surface area contributed by atoms with Crippen LogP contribution >= 0.6 is 0 Å². The summed E-state index contributed by atoms with van der Waals surface area (Å²) < 4.78 is 7.27. The second-order valence-electron chi connectivity index (χ2n) is 7.19. The lowest BCUT2D eigenvalue weighted by atomic mass is 10.1. The number of rotatable bonds is 5. The standard InChI is InChI=1S/C26H24N2O2/c1-4-30-26(29)21-11-7-12-23(16-21)28-18(2)15-22(19(28)3)17-27-25-14-8-10-20-9-5-6-13-24(20)25/h5-17H,4H2,1-3H3. The lowest BCUT2D eigenvalue weighted by Crippen LogP contribution is -2.06. The molecule has 3 aromatic carbocycles. The molecule has 150 valence electrons. The smallest absolute Gasteiger partial charge is 0.338 e. The topological polar surface area (TPSA) is 43.6 Å². The van der Waals surface area contributed by atoms with Crippen molar-refractivity contribution in [3.8, 4) is 5.69 Å². The summed E-state index contributed by atoms with van der Waals surface area (Å²) in [5.74, 6) is -0.306. The highest BCUT2D eigenvalue weighted by molar-refractivity contribution is 5.95. The Bertz CT molecular complexity index is 1250. The van der Waals surface area contributed by atoms with Gasteiger partial charge in [-0.3, -0.25) is 4.99 Å². The van der Waals surface area contributed by atoms with E-state index >= 15 is 0 Å². The lowest BCUT2D eigenvalue weighted by molar-refractivity contribution is 0.0526. The van der Waals surface area contributed by atoms with Gasteiger partial charge < -0.3 is 9.30 Å². The quantitative estimate of drug-likeness (QED) is 0.299. The number of hydrogen-bond donors (Lipinski definition) is 0. The van der Waals surface area contributed by atoms with E-state index in [9.17, 15) is 4.79 Å². The van der Waals surface area contributed by atoms with Gasteiger partial charge in [-0.05, 0) is 56.5 Å². The number of fused-ring (bicyclic) bond motifs is 1. The van der Waals surface area contributed by atoms with Gasteiger partial charge in [0, 0.05) is 34.2 Å². The molecule has 0 atom stereocenters. The van der Waals surface area contributed by atoms with E-state index < -0.39 is 0 Å². The number of carbonyl (C=O) groups excluding carboxylic acids is 1. The number of aryl methyl sites for hydroxylation is 1. The van der Waals surface area contributed by atoms with Gasteiger partial charge >= 0.3 is 5.97 Å². The highest BCUT2D eigenvalue weighted by Gasteiger charge is 2.12. The van der Waals surface area contributed by atoms with Crippen molar-refractivity contribution in [3.05, 3.63) is 95.3 Å². The molecule has 4 nitrogen and oxygen atoms in total. The summed E-state index contributed by atoms with van der Waals surface area (Å²) in [5.41, 5.74) is 5.61. The maximum Gasteiger partial charge on any atom is 0.338 e. The number of ether oxygens (including phenoxy) is 1. The van der Waals surface area contributed by atoms with Crippen LogP contribution in [0.5, 0.6) is 0 Å². The minimum atomic E-state index is -0.306. The molecule has 0 amide bonds. The van der Waals surface area contributed by atoms with Gasteiger partial charge in [0.15, 0.2) is 0 Å². The molecule has 0 fully saturated rings. The molecule has 1 heterocycles. The third-order valence-electron chi connectivity index (χ3n) is 5.20. The molecule has 4 heteroatoms. The fourth-order valence-corrected chi connectivity index (χ4v) is 3.76. The van der Waals surface area contributed by atoms with Crippen molar-refractivity contribution < 1.29 is 9.53 Å². The fourth-order valence-electron chi connectivity index (χ4n) is 3.76. The number of nitrogens with zero attached hydrogens (tertiary/aromatic N) is 2. The molecule has 0 saturated heterocycles. The van der Waals surface area contributed by atoms with E-state index in [0.717, 1.165) is 33.7 Å². The molecule has 0 N–H and O–H groups in total. The molecule has 0 aliphatic carbocycles. The van der Waals surface area contributed by atoms with Crippen molar-refractivity contribution in [1.29, 1.82) is 0 Å². The number of aliphatic imine (C=N–C) groups is 1. The summed E-state index contributed by atoms with van der Waals surface area (Å²) >= 11 is 0. The molecule has 0 saturated carbocycles. The van der Waals surface area contributed by atoms with Crippen LogP contribution in [-0.2, 0) is 4.74 Å². The van der Waals surface area contributed by atoms with Gasteiger partial charge in [0.1, 0.15) is 0 Å². The number of aromatic nitrogens is 1. The van der Waals surface area contributed by atoms with Crippen LogP contribution in [0.1, 0.15) is 34.2 Å². The molecule has 4 aromatic rings. The zero-order valence-electron chi connectivity index (χ0n) is 17.4. The zero-order valence-corrected chi connectivity index (χ0v) is 17.4. The van der Waals surface area contributed by atoms with E-state index in [1.54, 1.807) is 6.07 Å². The van der Waals surface area contributed by atoms with Crippen LogP contribution in [0.25, 0.3) is 16.5 Å². The molecule has 0 unspecified atom stereocenters. The van der Waals surface area contributed by atoms with Crippen molar-refractivity contribution in [2.75, 3.05) is 6.61 Å². The Labute approximate surface area is 176 Å². The average molecular weight is 396 g/mol. The van der Waals surface area contributed by atoms with Gasteiger partial charge in [-0.2, -0.15) is 0 Å². The van der Waals surface area contributed by atoms with Crippen molar-refractivity contribution in [3.63, 3.8) is 0 Å². The summed E-state index contributed by atoms with van der Waals surface area (Å²) in [6.45, 7) is 6.29. The first-order valence-electron chi connectivity index (χ1n) is 10.1. The van der Waals surface area contributed by atoms with Crippen molar-refractivity contribution in [2.45, 2.75) is 20.8 Å².